The molecule has 0 unspecified atom stereocenters. The maximum absolute atomic E-state index is 6.26. The molecule has 0 aromatic heterocycles. The highest BCUT2D eigenvalue weighted by atomic mass is 15.1. The molecular weight excluding hydrogens is 169 g/mol. The van der Waals surface area contributed by atoms with Crippen LogP contribution in [0, 0.1) is 0 Å². The fourth-order valence-electron chi connectivity index (χ4n) is 3.06. The van der Waals surface area contributed by atoms with Crippen LogP contribution in [0.3, 0.4) is 0 Å². The Morgan fingerprint density at radius 2 is 1.00 bits per heavy atom. The van der Waals surface area contributed by atoms with Gasteiger partial charge in [-0.15, -0.1) is 0 Å². The van der Waals surface area contributed by atoms with E-state index in [0.29, 0.717) is 12.1 Å². The second-order valence-electron chi connectivity index (χ2n) is 5.03. The summed E-state index contributed by atoms with van der Waals surface area (Å²) in [5.41, 5.74) is 0. The Bertz CT molecular complexity index is 142. The van der Waals surface area contributed by atoms with E-state index in [2.05, 4.69) is 4.81 Å². The van der Waals surface area contributed by atoms with Crippen LogP contribution in [-0.4, -0.2) is 24.9 Å². The first kappa shape index (κ1) is 10.5. The van der Waals surface area contributed by atoms with Gasteiger partial charge >= 0.3 is 0 Å². The average molecular weight is 191 g/mol. The van der Waals surface area contributed by atoms with E-state index in [1.807, 2.05) is 0 Å². The molecule has 0 bridgehead atoms. The van der Waals surface area contributed by atoms with Crippen molar-refractivity contribution in [1.29, 1.82) is 0 Å². The molecule has 78 valence electrons. The minimum Gasteiger partial charge on any atom is -0.348 e. The molecule has 0 saturated heterocycles. The van der Waals surface area contributed by atoms with Gasteiger partial charge in [0.15, 0.2) is 7.98 Å². The van der Waals surface area contributed by atoms with Gasteiger partial charge in [0.1, 0.15) is 0 Å². The first-order valence-corrected chi connectivity index (χ1v) is 6.41. The molecule has 0 heterocycles. The molecule has 2 saturated carbocycles. The summed E-state index contributed by atoms with van der Waals surface area (Å²) in [7, 11) is 6.26. The van der Waals surface area contributed by atoms with Crippen LogP contribution in [0.2, 0.25) is 0 Å². The lowest BCUT2D eigenvalue weighted by atomic mass is 9.86. The van der Waals surface area contributed by atoms with Crippen LogP contribution in [0.25, 0.3) is 0 Å². The lowest BCUT2D eigenvalue weighted by Crippen LogP contribution is -2.43. The van der Waals surface area contributed by atoms with Gasteiger partial charge in [0, 0.05) is 0 Å². The lowest BCUT2D eigenvalue weighted by molar-refractivity contribution is 0.175. The monoisotopic (exact) mass is 191 g/mol. The van der Waals surface area contributed by atoms with Crippen LogP contribution in [0.4, 0.5) is 0 Å². The molecule has 2 rings (SSSR count). The molecule has 0 aromatic rings. The normalized spacial score (nSPS) is 26.9. The topological polar surface area (TPSA) is 3.24 Å². The minimum atomic E-state index is 0.701. The predicted octanol–water partition coefficient (Wildman–Crippen LogP) is 3.04. The van der Waals surface area contributed by atoms with E-state index >= 15 is 0 Å². The van der Waals surface area contributed by atoms with E-state index in [-0.39, 0.29) is 0 Å². The van der Waals surface area contributed by atoms with E-state index in [9.17, 15) is 0 Å². The Labute approximate surface area is 89.7 Å². The summed E-state index contributed by atoms with van der Waals surface area (Å²) in [6, 6.07) is 1.40. The van der Waals surface area contributed by atoms with Gasteiger partial charge < -0.3 is 4.81 Å². The van der Waals surface area contributed by atoms with Gasteiger partial charge in [0.2, 0.25) is 0 Å². The summed E-state index contributed by atoms with van der Waals surface area (Å²) in [5, 5.41) is 0. The first-order valence-electron chi connectivity index (χ1n) is 6.41. The van der Waals surface area contributed by atoms with Crippen LogP contribution in [0.5, 0.6) is 0 Å². The molecule has 1 nitrogen and oxygen atoms in total. The van der Waals surface area contributed by atoms with E-state index < -0.39 is 0 Å². The maximum Gasteiger partial charge on any atom is 0.183 e. The van der Waals surface area contributed by atoms with Gasteiger partial charge in [-0.25, -0.2) is 0 Å². The average Bonchev–Trinajstić information content (AvgIpc) is 2.30. The minimum absolute atomic E-state index is 0.701. The summed E-state index contributed by atoms with van der Waals surface area (Å²) in [6.45, 7) is 0. The van der Waals surface area contributed by atoms with Gasteiger partial charge in [0.25, 0.3) is 0 Å². The summed E-state index contributed by atoms with van der Waals surface area (Å²) in [6.07, 6.45) is 13.8. The molecule has 0 spiro atoms. The van der Waals surface area contributed by atoms with Crippen molar-refractivity contribution in [2.24, 2.45) is 0 Å². The highest BCUT2D eigenvalue weighted by Crippen LogP contribution is 2.28. The van der Waals surface area contributed by atoms with Crippen molar-refractivity contribution in [3.8, 4) is 0 Å². The molecule has 14 heavy (non-hydrogen) atoms. The Balaban J connectivity index is 1.82. The third kappa shape index (κ3) is 2.53. The molecule has 2 fully saturated rings. The summed E-state index contributed by atoms with van der Waals surface area (Å²) < 4.78 is 0. The Morgan fingerprint density at radius 1 is 0.643 bits per heavy atom. The number of hydrogen-bond acceptors (Lipinski definition) is 1. The Morgan fingerprint density at radius 3 is 1.36 bits per heavy atom. The molecular formula is C12H22BN. The predicted molar refractivity (Wildman–Crippen MR) is 61.3 cm³/mol. The van der Waals surface area contributed by atoms with Crippen molar-refractivity contribution in [3.63, 3.8) is 0 Å². The molecule has 0 amide bonds. The van der Waals surface area contributed by atoms with Gasteiger partial charge in [-0.1, -0.05) is 38.5 Å². The molecule has 2 aliphatic carbocycles. The van der Waals surface area contributed by atoms with Crippen LogP contribution in [0.15, 0.2) is 0 Å². The molecule has 2 aliphatic rings. The van der Waals surface area contributed by atoms with Crippen LogP contribution in [0.1, 0.15) is 64.2 Å². The van der Waals surface area contributed by atoms with E-state index in [1.54, 1.807) is 0 Å². The van der Waals surface area contributed by atoms with Gasteiger partial charge in [-0.05, 0) is 37.8 Å². The van der Waals surface area contributed by atoms with Crippen molar-refractivity contribution in [2.45, 2.75) is 76.3 Å². The van der Waals surface area contributed by atoms with Crippen LogP contribution in [-0.2, 0) is 0 Å². The number of hydrogen-bond donors (Lipinski definition) is 0. The fourth-order valence-corrected chi connectivity index (χ4v) is 3.06. The van der Waals surface area contributed by atoms with Gasteiger partial charge in [0.05, 0.1) is 0 Å². The van der Waals surface area contributed by atoms with Gasteiger partial charge in [-0.3, -0.25) is 0 Å². The Kier molecular flexibility index (Phi) is 3.92. The quantitative estimate of drug-likeness (QED) is 0.606. The van der Waals surface area contributed by atoms with Crippen molar-refractivity contribution < 1.29 is 0 Å². The zero-order valence-corrected chi connectivity index (χ0v) is 9.25. The fraction of sp³-hybridized carbons (Fsp3) is 1.00. The summed E-state index contributed by atoms with van der Waals surface area (Å²) in [5.74, 6) is 0. The van der Waals surface area contributed by atoms with Crippen molar-refractivity contribution in [2.75, 3.05) is 0 Å². The molecule has 0 aromatic carbocycles. The second-order valence-corrected chi connectivity index (χ2v) is 5.03. The smallest absolute Gasteiger partial charge is 0.183 e. The second kappa shape index (κ2) is 5.20. The summed E-state index contributed by atoms with van der Waals surface area (Å²) in [4.78, 5) is 2.22. The third-order valence-electron chi connectivity index (χ3n) is 3.99. The molecule has 2 heteroatoms. The van der Waals surface area contributed by atoms with Crippen molar-refractivity contribution in [1.82, 2.24) is 4.81 Å². The van der Waals surface area contributed by atoms with Crippen LogP contribution < -0.4 is 0 Å². The molecule has 0 N–H and O–H groups in total. The van der Waals surface area contributed by atoms with E-state index in [0.717, 1.165) is 0 Å². The zero-order valence-electron chi connectivity index (χ0n) is 9.25. The van der Waals surface area contributed by atoms with Crippen LogP contribution >= 0.6 is 0 Å². The molecule has 0 atom stereocenters. The van der Waals surface area contributed by atoms with E-state index in [1.165, 1.54) is 64.2 Å². The van der Waals surface area contributed by atoms with E-state index in [4.69, 9.17) is 7.98 Å². The number of nitrogens with zero attached hydrogens (tertiary/aromatic N) is 1. The summed E-state index contributed by atoms with van der Waals surface area (Å²) >= 11 is 0. The largest absolute Gasteiger partial charge is 0.348 e. The molecule has 0 aliphatic heterocycles. The molecule has 2 radical (unpaired) electrons. The SMILES string of the molecule is [B]N(C1CCCCC1)C1CCCCC1. The van der Waals surface area contributed by atoms with Gasteiger partial charge in [-0.2, -0.15) is 0 Å². The lowest BCUT2D eigenvalue weighted by Gasteiger charge is -2.39. The third-order valence-corrected chi connectivity index (χ3v) is 3.99. The Hall–Kier alpha value is 0.0249. The van der Waals surface area contributed by atoms with Crippen molar-refractivity contribution >= 4 is 7.98 Å². The highest BCUT2D eigenvalue weighted by Gasteiger charge is 2.24. The zero-order chi connectivity index (χ0) is 9.80. The number of rotatable bonds is 2. The standard InChI is InChI=1S/C12H22BN/c13-14(11-7-3-1-4-8-11)12-9-5-2-6-10-12/h11-12H,1-10H2. The highest BCUT2D eigenvalue weighted by molar-refractivity contribution is 6.04. The maximum atomic E-state index is 6.26. The first-order chi connectivity index (χ1) is 6.88. The van der Waals surface area contributed by atoms with Crippen molar-refractivity contribution in [3.05, 3.63) is 0 Å².